The Kier molecular flexibility index (Phi) is 5.72. The van der Waals surface area contributed by atoms with Gasteiger partial charge in [-0.2, -0.15) is 5.26 Å². The first-order valence-electron chi connectivity index (χ1n) is 9.65. The molecular formula is C24H20N4O2. The van der Waals surface area contributed by atoms with Gasteiger partial charge in [-0.05, 0) is 30.7 Å². The van der Waals surface area contributed by atoms with Gasteiger partial charge in [-0.3, -0.25) is 4.98 Å². The Morgan fingerprint density at radius 3 is 2.50 bits per heavy atom. The highest BCUT2D eigenvalue weighted by Gasteiger charge is 2.09. The summed E-state index contributed by atoms with van der Waals surface area (Å²) in [7, 11) is 0. The molecule has 0 aliphatic heterocycles. The van der Waals surface area contributed by atoms with Crippen LogP contribution < -0.4 is 14.8 Å². The van der Waals surface area contributed by atoms with Crippen LogP contribution in [0.5, 0.6) is 17.4 Å². The van der Waals surface area contributed by atoms with Gasteiger partial charge >= 0.3 is 0 Å². The number of hydrogen-bond donors (Lipinski definition) is 1. The Bertz CT molecular complexity index is 1200. The third kappa shape index (κ3) is 4.15. The summed E-state index contributed by atoms with van der Waals surface area (Å²) in [5, 5.41) is 13.7. The number of rotatable bonds is 7. The van der Waals surface area contributed by atoms with Gasteiger partial charge < -0.3 is 14.8 Å². The summed E-state index contributed by atoms with van der Waals surface area (Å²) in [6.07, 6.45) is 3.34. The zero-order valence-electron chi connectivity index (χ0n) is 16.5. The molecule has 6 heteroatoms. The van der Waals surface area contributed by atoms with Crippen LogP contribution in [0.4, 0.5) is 5.69 Å². The second-order valence-corrected chi connectivity index (χ2v) is 6.52. The van der Waals surface area contributed by atoms with Crippen molar-refractivity contribution in [1.29, 1.82) is 5.26 Å². The van der Waals surface area contributed by atoms with E-state index in [4.69, 9.17) is 9.47 Å². The largest absolute Gasteiger partial charge is 0.490 e. The maximum Gasteiger partial charge on any atom is 0.219 e. The van der Waals surface area contributed by atoms with Gasteiger partial charge in [-0.1, -0.05) is 36.4 Å². The fourth-order valence-electron chi connectivity index (χ4n) is 3.10. The third-order valence-corrected chi connectivity index (χ3v) is 4.53. The van der Waals surface area contributed by atoms with E-state index in [0.717, 1.165) is 22.2 Å². The highest BCUT2D eigenvalue weighted by atomic mass is 16.5. The van der Waals surface area contributed by atoms with E-state index < -0.39 is 0 Å². The zero-order valence-corrected chi connectivity index (χ0v) is 16.5. The number of nitriles is 1. The maximum atomic E-state index is 9.44. The summed E-state index contributed by atoms with van der Waals surface area (Å²) >= 11 is 0. The summed E-state index contributed by atoms with van der Waals surface area (Å²) in [4.78, 5) is 8.74. The molecule has 0 fully saturated rings. The number of fused-ring (bicyclic) bond motifs is 1. The average molecular weight is 396 g/mol. The second-order valence-electron chi connectivity index (χ2n) is 6.52. The third-order valence-electron chi connectivity index (χ3n) is 4.53. The minimum atomic E-state index is 0.484. The number of nitrogens with one attached hydrogen (secondary N) is 1. The monoisotopic (exact) mass is 396 g/mol. The van der Waals surface area contributed by atoms with Crippen molar-refractivity contribution < 1.29 is 9.47 Å². The molecule has 2 aromatic heterocycles. The van der Waals surface area contributed by atoms with Crippen LogP contribution in [0.2, 0.25) is 0 Å². The minimum Gasteiger partial charge on any atom is -0.490 e. The molecule has 0 atom stereocenters. The van der Waals surface area contributed by atoms with Crippen molar-refractivity contribution in [2.24, 2.45) is 0 Å². The van der Waals surface area contributed by atoms with Crippen molar-refractivity contribution in [3.8, 4) is 23.4 Å². The van der Waals surface area contributed by atoms with E-state index in [1.54, 1.807) is 12.4 Å². The van der Waals surface area contributed by atoms with Gasteiger partial charge in [0.15, 0.2) is 11.5 Å². The Labute approximate surface area is 174 Å². The Balaban J connectivity index is 1.49. The van der Waals surface area contributed by atoms with Gasteiger partial charge in [0.1, 0.15) is 6.07 Å². The molecule has 30 heavy (non-hydrogen) atoms. The molecule has 4 aromatic rings. The smallest absolute Gasteiger partial charge is 0.219 e. The molecule has 0 unspecified atom stereocenters. The molecule has 0 spiro atoms. The standard InChI is InChI=1S/C24H20N4O2/c1-2-29-21-9-5-6-10-22(21)30-23-12-11-17(14-27-23)15-28-24-18(13-25)16-26-20-8-4-3-7-19(20)24/h3-12,14,16H,2,15H2,1H3,(H,26,28). The van der Waals surface area contributed by atoms with E-state index >= 15 is 0 Å². The van der Waals surface area contributed by atoms with Crippen molar-refractivity contribution in [3.63, 3.8) is 0 Å². The Morgan fingerprint density at radius 1 is 0.933 bits per heavy atom. The number of para-hydroxylation sites is 3. The van der Waals surface area contributed by atoms with Crippen molar-refractivity contribution in [1.82, 2.24) is 9.97 Å². The van der Waals surface area contributed by atoms with Gasteiger partial charge in [0.25, 0.3) is 0 Å². The summed E-state index contributed by atoms with van der Waals surface area (Å²) < 4.78 is 11.4. The fraction of sp³-hybridized carbons (Fsp3) is 0.125. The first-order chi connectivity index (χ1) is 14.8. The molecule has 2 aromatic carbocycles. The molecule has 0 saturated carbocycles. The van der Waals surface area contributed by atoms with Gasteiger partial charge in [-0.25, -0.2) is 4.98 Å². The number of benzene rings is 2. The lowest BCUT2D eigenvalue weighted by Gasteiger charge is -2.12. The van der Waals surface area contributed by atoms with E-state index in [0.29, 0.717) is 36.1 Å². The van der Waals surface area contributed by atoms with E-state index in [2.05, 4.69) is 21.4 Å². The number of ether oxygens (including phenoxy) is 2. The van der Waals surface area contributed by atoms with Crippen LogP contribution in [-0.4, -0.2) is 16.6 Å². The molecule has 4 rings (SSSR count). The van der Waals surface area contributed by atoms with Crippen molar-refractivity contribution in [2.75, 3.05) is 11.9 Å². The minimum absolute atomic E-state index is 0.484. The van der Waals surface area contributed by atoms with Crippen LogP contribution in [0.15, 0.2) is 73.1 Å². The lowest BCUT2D eigenvalue weighted by Crippen LogP contribution is -2.03. The number of anilines is 1. The summed E-state index contributed by atoms with van der Waals surface area (Å²) in [5.74, 6) is 1.79. The highest BCUT2D eigenvalue weighted by Crippen LogP contribution is 2.30. The van der Waals surface area contributed by atoms with Gasteiger partial charge in [0.05, 0.1) is 23.4 Å². The van der Waals surface area contributed by atoms with Crippen molar-refractivity contribution >= 4 is 16.6 Å². The van der Waals surface area contributed by atoms with E-state index in [-0.39, 0.29) is 0 Å². The number of pyridine rings is 2. The molecule has 0 aliphatic carbocycles. The molecule has 0 aliphatic rings. The molecule has 0 radical (unpaired) electrons. The molecule has 2 heterocycles. The second kappa shape index (κ2) is 8.93. The number of aromatic nitrogens is 2. The molecule has 1 N–H and O–H groups in total. The van der Waals surface area contributed by atoms with Crippen LogP contribution in [0, 0.1) is 11.3 Å². The first kappa shape index (κ1) is 19.2. The summed E-state index contributed by atoms with van der Waals surface area (Å²) in [5.41, 5.74) is 3.09. The molecule has 0 bridgehead atoms. The molecule has 0 amide bonds. The van der Waals surface area contributed by atoms with Crippen LogP contribution in [0.25, 0.3) is 10.9 Å². The summed E-state index contributed by atoms with van der Waals surface area (Å²) in [6, 6.07) is 21.2. The number of nitrogens with zero attached hydrogens (tertiary/aromatic N) is 3. The van der Waals surface area contributed by atoms with Crippen LogP contribution >= 0.6 is 0 Å². The van der Waals surface area contributed by atoms with Crippen LogP contribution in [0.3, 0.4) is 0 Å². The lowest BCUT2D eigenvalue weighted by atomic mass is 10.1. The first-order valence-corrected chi connectivity index (χ1v) is 9.65. The molecule has 0 saturated heterocycles. The normalized spacial score (nSPS) is 10.4. The fourth-order valence-corrected chi connectivity index (χ4v) is 3.10. The SMILES string of the molecule is CCOc1ccccc1Oc1ccc(CNc2c(C#N)cnc3ccccc23)cn1. The van der Waals surface area contributed by atoms with E-state index in [1.165, 1.54) is 0 Å². The van der Waals surface area contributed by atoms with Gasteiger partial charge in [-0.15, -0.1) is 0 Å². The molecule has 148 valence electrons. The lowest BCUT2D eigenvalue weighted by molar-refractivity contribution is 0.319. The highest BCUT2D eigenvalue weighted by molar-refractivity contribution is 5.93. The summed E-state index contributed by atoms with van der Waals surface area (Å²) in [6.45, 7) is 3.01. The molecular weight excluding hydrogens is 376 g/mol. The zero-order chi connectivity index (χ0) is 20.8. The van der Waals surface area contributed by atoms with E-state index in [9.17, 15) is 5.26 Å². The maximum absolute atomic E-state index is 9.44. The van der Waals surface area contributed by atoms with Gasteiger partial charge in [0, 0.05) is 30.4 Å². The Morgan fingerprint density at radius 2 is 1.73 bits per heavy atom. The predicted molar refractivity (Wildman–Crippen MR) is 116 cm³/mol. The van der Waals surface area contributed by atoms with Crippen molar-refractivity contribution in [2.45, 2.75) is 13.5 Å². The Hall–Kier alpha value is -4.11. The van der Waals surface area contributed by atoms with E-state index in [1.807, 2.05) is 67.6 Å². The van der Waals surface area contributed by atoms with Crippen LogP contribution in [-0.2, 0) is 6.54 Å². The topological polar surface area (TPSA) is 80.1 Å². The quantitative estimate of drug-likeness (QED) is 0.456. The number of hydrogen-bond acceptors (Lipinski definition) is 6. The molecule has 6 nitrogen and oxygen atoms in total. The van der Waals surface area contributed by atoms with Crippen LogP contribution in [0.1, 0.15) is 18.1 Å². The predicted octanol–water partition coefficient (Wildman–Crippen LogP) is 5.30. The van der Waals surface area contributed by atoms with Gasteiger partial charge in [0.2, 0.25) is 5.88 Å². The van der Waals surface area contributed by atoms with Crippen molar-refractivity contribution in [3.05, 3.63) is 84.2 Å². The average Bonchev–Trinajstić information content (AvgIpc) is 2.80.